The van der Waals surface area contributed by atoms with Crippen LogP contribution in [0.3, 0.4) is 0 Å². The minimum Gasteiger partial charge on any atom is -0.495 e. The fraction of sp³-hybridized carbons (Fsp3) is 0.308. The molecule has 0 aliphatic heterocycles. The second-order valence-corrected chi connectivity index (χ2v) is 5.97. The summed E-state index contributed by atoms with van der Waals surface area (Å²) >= 11 is 0. The van der Waals surface area contributed by atoms with E-state index in [0.29, 0.717) is 12.2 Å². The molecule has 20 heavy (non-hydrogen) atoms. The topological polar surface area (TPSA) is 61.2 Å². The van der Waals surface area contributed by atoms with E-state index in [4.69, 9.17) is 4.74 Å². The van der Waals surface area contributed by atoms with E-state index >= 15 is 0 Å². The largest absolute Gasteiger partial charge is 0.495 e. The third kappa shape index (κ3) is 2.53. The van der Waals surface area contributed by atoms with Crippen LogP contribution in [0.2, 0.25) is 0 Å². The van der Waals surface area contributed by atoms with E-state index in [0.717, 1.165) is 22.5 Å². The number of hydrogen-bond donors (Lipinski definition) is 0. The van der Waals surface area contributed by atoms with E-state index in [2.05, 4.69) is 4.98 Å². The molecule has 1 heterocycles. The Labute approximate surface area is 117 Å². The summed E-state index contributed by atoms with van der Waals surface area (Å²) in [5.41, 5.74) is 0. The smallest absolute Gasteiger partial charge is 0.272 e. The fourth-order valence-electron chi connectivity index (χ4n) is 1.90. The Hall–Kier alpha value is -1.89. The van der Waals surface area contributed by atoms with Gasteiger partial charge in [0, 0.05) is 18.8 Å². The summed E-state index contributed by atoms with van der Waals surface area (Å²) in [4.78, 5) is 3.81. The average molecular weight is 298 g/mol. The van der Waals surface area contributed by atoms with Crippen LogP contribution in [0.15, 0.2) is 35.5 Å². The van der Waals surface area contributed by atoms with Crippen LogP contribution in [-0.4, -0.2) is 24.5 Å². The number of methoxy groups -OCH3 is 1. The van der Waals surface area contributed by atoms with Gasteiger partial charge in [0.2, 0.25) is 0 Å². The lowest BCUT2D eigenvalue weighted by atomic mass is 10.3. The summed E-state index contributed by atoms with van der Waals surface area (Å²) in [6.45, 7) is 1.93. The van der Waals surface area contributed by atoms with Crippen molar-refractivity contribution in [3.05, 3.63) is 42.2 Å². The van der Waals surface area contributed by atoms with Crippen molar-refractivity contribution in [2.24, 2.45) is 0 Å². The van der Waals surface area contributed by atoms with Crippen molar-refractivity contribution in [1.29, 1.82) is 0 Å². The number of aryl methyl sites for hydroxylation is 1. The highest BCUT2D eigenvalue weighted by molar-refractivity contribution is 7.90. The van der Waals surface area contributed by atoms with Gasteiger partial charge in [-0.2, -0.15) is 0 Å². The molecule has 0 bridgehead atoms. The van der Waals surface area contributed by atoms with Crippen LogP contribution >= 0.6 is 0 Å². The van der Waals surface area contributed by atoms with Gasteiger partial charge in [-0.15, -0.1) is 0 Å². The van der Waals surface area contributed by atoms with Crippen LogP contribution in [0.4, 0.5) is 4.39 Å². The number of hydrogen-bond acceptors (Lipinski definition) is 4. The number of nitrogens with zero attached hydrogens (tertiary/aromatic N) is 2. The van der Waals surface area contributed by atoms with Gasteiger partial charge in [-0.25, -0.2) is 21.8 Å². The highest BCUT2D eigenvalue weighted by Gasteiger charge is 2.24. The molecule has 0 fully saturated rings. The van der Waals surface area contributed by atoms with Gasteiger partial charge in [0.1, 0.15) is 22.3 Å². The Morgan fingerprint density at radius 1 is 1.40 bits per heavy atom. The Morgan fingerprint density at radius 2 is 2.15 bits per heavy atom. The zero-order chi connectivity index (χ0) is 14.8. The van der Waals surface area contributed by atoms with Crippen molar-refractivity contribution >= 4 is 10.0 Å². The third-order valence-electron chi connectivity index (χ3n) is 2.82. The molecule has 0 atom stereocenters. The lowest BCUT2D eigenvalue weighted by Crippen LogP contribution is -2.16. The van der Waals surface area contributed by atoms with Crippen molar-refractivity contribution in [2.75, 3.05) is 7.11 Å². The Kier molecular flexibility index (Phi) is 4.08. The second-order valence-electron chi connectivity index (χ2n) is 4.19. The number of aromatic nitrogens is 2. The third-order valence-corrected chi connectivity index (χ3v) is 4.54. The van der Waals surface area contributed by atoms with Crippen LogP contribution < -0.4 is 4.74 Å². The summed E-state index contributed by atoms with van der Waals surface area (Å²) in [5.74, 6) is -0.122. The molecule has 0 radical (unpaired) electrons. The van der Waals surface area contributed by atoms with Crippen LogP contribution in [0, 0.1) is 5.82 Å². The van der Waals surface area contributed by atoms with Crippen molar-refractivity contribution in [1.82, 2.24) is 8.96 Å². The first-order chi connectivity index (χ1) is 9.50. The fourth-order valence-corrected chi connectivity index (χ4v) is 3.41. The molecule has 1 aromatic heterocycles. The number of rotatable bonds is 5. The maximum Gasteiger partial charge on any atom is 0.272 e. The van der Waals surface area contributed by atoms with E-state index in [1.807, 2.05) is 6.92 Å². The minimum atomic E-state index is -3.92. The van der Waals surface area contributed by atoms with Gasteiger partial charge < -0.3 is 4.74 Å². The molecule has 0 spiro atoms. The molecular weight excluding hydrogens is 283 g/mol. The van der Waals surface area contributed by atoms with Gasteiger partial charge in [-0.1, -0.05) is 6.92 Å². The molecule has 0 amide bonds. The maximum atomic E-state index is 13.4. The molecule has 108 valence electrons. The van der Waals surface area contributed by atoms with Gasteiger partial charge in [0.25, 0.3) is 10.0 Å². The van der Waals surface area contributed by atoms with Gasteiger partial charge in [-0.05, 0) is 24.6 Å². The Morgan fingerprint density at radius 3 is 2.80 bits per heavy atom. The Bertz CT molecular complexity index is 710. The zero-order valence-corrected chi connectivity index (χ0v) is 12.0. The molecule has 0 N–H and O–H groups in total. The predicted molar refractivity (Wildman–Crippen MR) is 71.8 cm³/mol. The predicted octanol–water partition coefficient (Wildman–Crippen LogP) is 2.22. The minimum absolute atomic E-state index is 0.0996. The first-order valence-corrected chi connectivity index (χ1v) is 7.56. The average Bonchev–Trinajstić information content (AvgIpc) is 2.88. The summed E-state index contributed by atoms with van der Waals surface area (Å²) < 4.78 is 44.6. The molecule has 0 aliphatic carbocycles. The van der Waals surface area contributed by atoms with Crippen LogP contribution in [-0.2, 0) is 16.4 Å². The molecule has 1 aromatic carbocycles. The molecule has 0 saturated heterocycles. The summed E-state index contributed by atoms with van der Waals surface area (Å²) in [5, 5.41) is 0. The summed E-state index contributed by atoms with van der Waals surface area (Å²) in [7, 11) is -2.58. The Balaban J connectivity index is 2.60. The van der Waals surface area contributed by atoms with E-state index < -0.39 is 15.8 Å². The normalized spacial score (nSPS) is 11.6. The van der Waals surface area contributed by atoms with Crippen molar-refractivity contribution < 1.29 is 17.5 Å². The monoisotopic (exact) mass is 298 g/mol. The molecule has 5 nitrogen and oxygen atoms in total. The number of benzene rings is 1. The molecule has 7 heteroatoms. The number of ether oxygens (including phenoxy) is 1. The maximum absolute atomic E-state index is 13.4. The SMILES string of the molecule is CCCc1nccn1S(=O)(=O)c1cc(F)ccc1OC. The van der Waals surface area contributed by atoms with E-state index in [1.54, 1.807) is 0 Å². The van der Waals surface area contributed by atoms with Gasteiger partial charge in [0.15, 0.2) is 0 Å². The zero-order valence-electron chi connectivity index (χ0n) is 11.2. The molecule has 2 rings (SSSR count). The van der Waals surface area contributed by atoms with Gasteiger partial charge in [-0.3, -0.25) is 0 Å². The van der Waals surface area contributed by atoms with Crippen LogP contribution in [0.5, 0.6) is 5.75 Å². The van der Waals surface area contributed by atoms with E-state index in [9.17, 15) is 12.8 Å². The quantitative estimate of drug-likeness (QED) is 0.849. The van der Waals surface area contributed by atoms with Crippen molar-refractivity contribution in [2.45, 2.75) is 24.7 Å². The molecule has 2 aromatic rings. The van der Waals surface area contributed by atoms with Crippen molar-refractivity contribution in [3.63, 3.8) is 0 Å². The van der Waals surface area contributed by atoms with Crippen molar-refractivity contribution in [3.8, 4) is 5.75 Å². The highest BCUT2D eigenvalue weighted by Crippen LogP contribution is 2.27. The standard InChI is InChI=1S/C13H15FN2O3S/c1-3-4-13-15-7-8-16(13)20(17,18)12-9-10(14)5-6-11(12)19-2/h5-9H,3-4H2,1-2H3. The highest BCUT2D eigenvalue weighted by atomic mass is 32.2. The van der Waals surface area contributed by atoms with Crippen LogP contribution in [0.1, 0.15) is 19.2 Å². The molecule has 0 aliphatic rings. The molecule has 0 saturated carbocycles. The second kappa shape index (κ2) is 5.62. The first-order valence-electron chi connectivity index (χ1n) is 6.12. The van der Waals surface area contributed by atoms with Gasteiger partial charge >= 0.3 is 0 Å². The van der Waals surface area contributed by atoms with Crippen LogP contribution in [0.25, 0.3) is 0 Å². The summed E-state index contributed by atoms with van der Waals surface area (Å²) in [6, 6.07) is 3.39. The molecular formula is C13H15FN2O3S. The number of halogens is 1. The lowest BCUT2D eigenvalue weighted by Gasteiger charge is -2.12. The van der Waals surface area contributed by atoms with Gasteiger partial charge in [0.05, 0.1) is 7.11 Å². The molecule has 0 unspecified atom stereocenters. The summed E-state index contributed by atoms with van der Waals surface area (Å²) in [6.07, 6.45) is 4.04. The lowest BCUT2D eigenvalue weighted by molar-refractivity contribution is 0.400. The number of imidazole rings is 1. The van der Waals surface area contributed by atoms with E-state index in [1.165, 1.54) is 25.6 Å². The first kappa shape index (κ1) is 14.5. The van der Waals surface area contributed by atoms with E-state index in [-0.39, 0.29) is 10.6 Å².